The Morgan fingerprint density at radius 2 is 2.07 bits per heavy atom. The van der Waals surface area contributed by atoms with Gasteiger partial charge >= 0.3 is 0 Å². The standard InChI is InChI=1S/C11H8FNO/c12-9-3-1-4-10(7-9)13-6-2-5-11(13)8-14/h1-8H. The fraction of sp³-hybridized carbons (Fsp3) is 0. The van der Waals surface area contributed by atoms with Crippen LogP contribution in [0.5, 0.6) is 0 Å². The van der Waals surface area contributed by atoms with Crippen LogP contribution in [0.1, 0.15) is 10.5 Å². The summed E-state index contributed by atoms with van der Waals surface area (Å²) in [5.74, 6) is -0.312. The van der Waals surface area contributed by atoms with Gasteiger partial charge in [-0.1, -0.05) is 6.07 Å². The van der Waals surface area contributed by atoms with Gasteiger partial charge in [-0.3, -0.25) is 4.79 Å². The summed E-state index contributed by atoms with van der Waals surface area (Å²) in [7, 11) is 0. The van der Waals surface area contributed by atoms with E-state index in [1.54, 1.807) is 35.0 Å². The Labute approximate surface area is 80.6 Å². The highest BCUT2D eigenvalue weighted by Gasteiger charge is 2.01. The van der Waals surface area contributed by atoms with Crippen LogP contribution in [0.15, 0.2) is 42.6 Å². The van der Waals surface area contributed by atoms with Crippen molar-refractivity contribution in [1.82, 2.24) is 4.57 Å². The van der Waals surface area contributed by atoms with E-state index in [0.717, 1.165) is 6.29 Å². The maximum Gasteiger partial charge on any atom is 0.166 e. The monoisotopic (exact) mass is 189 g/mol. The van der Waals surface area contributed by atoms with E-state index >= 15 is 0 Å². The summed E-state index contributed by atoms with van der Waals surface area (Å²) in [6.07, 6.45) is 2.46. The van der Waals surface area contributed by atoms with Gasteiger partial charge in [-0.25, -0.2) is 4.39 Å². The highest BCUT2D eigenvalue weighted by Crippen LogP contribution is 2.12. The van der Waals surface area contributed by atoms with Crippen LogP contribution in [0.4, 0.5) is 4.39 Å². The van der Waals surface area contributed by atoms with Crippen molar-refractivity contribution < 1.29 is 9.18 Å². The van der Waals surface area contributed by atoms with Gasteiger partial charge in [0.1, 0.15) is 5.82 Å². The van der Waals surface area contributed by atoms with Crippen molar-refractivity contribution >= 4 is 6.29 Å². The highest BCUT2D eigenvalue weighted by atomic mass is 19.1. The average molecular weight is 189 g/mol. The molecule has 1 aromatic carbocycles. The van der Waals surface area contributed by atoms with Gasteiger partial charge in [0.15, 0.2) is 6.29 Å². The number of aldehydes is 1. The van der Waals surface area contributed by atoms with Gasteiger partial charge in [0.2, 0.25) is 0 Å². The second-order valence-electron chi connectivity index (χ2n) is 2.90. The molecule has 1 heterocycles. The average Bonchev–Trinajstić information content (AvgIpc) is 2.65. The molecule has 0 saturated heterocycles. The smallest absolute Gasteiger partial charge is 0.166 e. The van der Waals surface area contributed by atoms with Crippen LogP contribution in [0.3, 0.4) is 0 Å². The zero-order valence-electron chi connectivity index (χ0n) is 7.35. The van der Waals surface area contributed by atoms with E-state index in [4.69, 9.17) is 0 Å². The normalized spacial score (nSPS) is 10.1. The van der Waals surface area contributed by atoms with Crippen molar-refractivity contribution in [2.45, 2.75) is 0 Å². The Kier molecular flexibility index (Phi) is 2.14. The van der Waals surface area contributed by atoms with Crippen molar-refractivity contribution in [3.63, 3.8) is 0 Å². The molecule has 0 atom stereocenters. The number of hydrogen-bond donors (Lipinski definition) is 0. The minimum absolute atomic E-state index is 0.312. The van der Waals surface area contributed by atoms with Gasteiger partial charge in [0.05, 0.1) is 5.69 Å². The zero-order valence-corrected chi connectivity index (χ0v) is 7.35. The van der Waals surface area contributed by atoms with Crippen LogP contribution in [0.2, 0.25) is 0 Å². The summed E-state index contributed by atoms with van der Waals surface area (Å²) >= 11 is 0. The number of halogens is 1. The maximum absolute atomic E-state index is 12.9. The van der Waals surface area contributed by atoms with Crippen LogP contribution in [-0.4, -0.2) is 10.9 Å². The Hall–Kier alpha value is -1.90. The molecule has 3 heteroatoms. The maximum atomic E-state index is 12.9. The highest BCUT2D eigenvalue weighted by molar-refractivity contribution is 5.73. The second kappa shape index (κ2) is 3.46. The molecule has 0 fully saturated rings. The third kappa shape index (κ3) is 1.44. The molecule has 0 radical (unpaired) electrons. The Morgan fingerprint density at radius 1 is 1.21 bits per heavy atom. The summed E-state index contributed by atoms with van der Waals surface area (Å²) in [4.78, 5) is 10.6. The number of benzene rings is 1. The molecule has 14 heavy (non-hydrogen) atoms. The molecule has 0 bridgehead atoms. The molecule has 0 aliphatic heterocycles. The minimum Gasteiger partial charge on any atom is -0.314 e. The number of carbonyl (C=O) groups excluding carboxylic acids is 1. The molecule has 0 saturated carbocycles. The predicted molar refractivity (Wildman–Crippen MR) is 51.1 cm³/mol. The van der Waals surface area contributed by atoms with Crippen molar-refractivity contribution in [3.8, 4) is 5.69 Å². The van der Waals surface area contributed by atoms with E-state index in [9.17, 15) is 9.18 Å². The van der Waals surface area contributed by atoms with Gasteiger partial charge in [-0.15, -0.1) is 0 Å². The first-order valence-electron chi connectivity index (χ1n) is 4.20. The quantitative estimate of drug-likeness (QED) is 0.665. The lowest BCUT2D eigenvalue weighted by Crippen LogP contribution is -1.97. The molecule has 2 nitrogen and oxygen atoms in total. The van der Waals surface area contributed by atoms with Crippen LogP contribution in [0.25, 0.3) is 5.69 Å². The minimum atomic E-state index is -0.312. The van der Waals surface area contributed by atoms with E-state index in [-0.39, 0.29) is 5.82 Å². The lowest BCUT2D eigenvalue weighted by Gasteiger charge is -2.04. The van der Waals surface area contributed by atoms with Gasteiger partial charge in [0, 0.05) is 11.9 Å². The van der Waals surface area contributed by atoms with E-state index in [0.29, 0.717) is 11.4 Å². The third-order valence-electron chi connectivity index (χ3n) is 1.99. The lowest BCUT2D eigenvalue weighted by molar-refractivity contribution is 0.111. The van der Waals surface area contributed by atoms with E-state index in [1.807, 2.05) is 0 Å². The van der Waals surface area contributed by atoms with Crippen LogP contribution in [0, 0.1) is 5.82 Å². The van der Waals surface area contributed by atoms with E-state index in [1.165, 1.54) is 12.1 Å². The van der Waals surface area contributed by atoms with Crippen molar-refractivity contribution in [1.29, 1.82) is 0 Å². The summed E-state index contributed by atoms with van der Waals surface area (Å²) in [5.41, 5.74) is 1.16. The van der Waals surface area contributed by atoms with E-state index < -0.39 is 0 Å². The van der Waals surface area contributed by atoms with Crippen LogP contribution < -0.4 is 0 Å². The summed E-state index contributed by atoms with van der Waals surface area (Å²) in [5, 5.41) is 0. The first kappa shape index (κ1) is 8.69. The topological polar surface area (TPSA) is 22.0 Å². The molecule has 2 rings (SSSR count). The fourth-order valence-electron chi connectivity index (χ4n) is 1.35. The molecule has 70 valence electrons. The molecule has 0 aliphatic rings. The molecule has 0 aliphatic carbocycles. The summed E-state index contributed by atoms with van der Waals surface area (Å²) in [6, 6.07) is 9.53. The molecule has 0 spiro atoms. The molecule has 0 amide bonds. The third-order valence-corrected chi connectivity index (χ3v) is 1.99. The summed E-state index contributed by atoms with van der Waals surface area (Å²) < 4.78 is 14.5. The van der Waals surface area contributed by atoms with Gasteiger partial charge in [-0.2, -0.15) is 0 Å². The molecular weight excluding hydrogens is 181 g/mol. The Balaban J connectivity index is 2.54. The van der Waals surface area contributed by atoms with Gasteiger partial charge in [-0.05, 0) is 30.3 Å². The molecule has 0 N–H and O–H groups in total. The molecule has 0 unspecified atom stereocenters. The predicted octanol–water partition coefficient (Wildman–Crippen LogP) is 2.43. The van der Waals surface area contributed by atoms with Crippen molar-refractivity contribution in [2.24, 2.45) is 0 Å². The number of carbonyl (C=O) groups is 1. The van der Waals surface area contributed by atoms with Crippen LogP contribution >= 0.6 is 0 Å². The van der Waals surface area contributed by atoms with Crippen LogP contribution in [-0.2, 0) is 0 Å². The van der Waals surface area contributed by atoms with Gasteiger partial charge < -0.3 is 4.57 Å². The largest absolute Gasteiger partial charge is 0.314 e. The Bertz CT molecular complexity index is 462. The second-order valence-corrected chi connectivity index (χ2v) is 2.90. The summed E-state index contributed by atoms with van der Waals surface area (Å²) in [6.45, 7) is 0. The molecule has 1 aromatic heterocycles. The number of aromatic nitrogens is 1. The molecular formula is C11H8FNO. The number of rotatable bonds is 2. The zero-order chi connectivity index (χ0) is 9.97. The lowest BCUT2D eigenvalue weighted by atomic mass is 10.3. The molecule has 2 aromatic rings. The van der Waals surface area contributed by atoms with Crippen molar-refractivity contribution in [2.75, 3.05) is 0 Å². The first-order chi connectivity index (χ1) is 6.81. The fourth-order valence-corrected chi connectivity index (χ4v) is 1.35. The Morgan fingerprint density at radius 3 is 2.79 bits per heavy atom. The van der Waals surface area contributed by atoms with Gasteiger partial charge in [0.25, 0.3) is 0 Å². The number of nitrogens with zero attached hydrogens (tertiary/aromatic N) is 1. The van der Waals surface area contributed by atoms with E-state index in [2.05, 4.69) is 0 Å². The SMILES string of the molecule is O=Cc1cccn1-c1cccc(F)c1. The van der Waals surface area contributed by atoms with Crippen molar-refractivity contribution in [3.05, 3.63) is 54.1 Å². The number of hydrogen-bond acceptors (Lipinski definition) is 1. The first-order valence-corrected chi connectivity index (χ1v) is 4.20.